The Hall–Kier alpha value is 0.270. The fourth-order valence-electron chi connectivity index (χ4n) is 1.65. The van der Waals surface area contributed by atoms with Crippen LogP contribution in [0.5, 0.6) is 0 Å². The quantitative estimate of drug-likeness (QED) is 0.748. The molecule has 0 aromatic heterocycles. The van der Waals surface area contributed by atoms with Gasteiger partial charge in [-0.15, -0.1) is 11.8 Å². The lowest BCUT2D eigenvalue weighted by Crippen LogP contribution is -2.51. The van der Waals surface area contributed by atoms with Crippen LogP contribution in [-0.4, -0.2) is 41.7 Å². The van der Waals surface area contributed by atoms with Gasteiger partial charge in [0, 0.05) is 26.2 Å². The van der Waals surface area contributed by atoms with Crippen LogP contribution < -0.4 is 5.32 Å². The van der Waals surface area contributed by atoms with E-state index in [0.29, 0.717) is 4.87 Å². The van der Waals surface area contributed by atoms with E-state index < -0.39 is 0 Å². The van der Waals surface area contributed by atoms with Crippen LogP contribution >= 0.6 is 11.8 Å². The van der Waals surface area contributed by atoms with Gasteiger partial charge in [0.25, 0.3) is 0 Å². The maximum absolute atomic E-state index is 3.39. The highest BCUT2D eigenvalue weighted by atomic mass is 32.2. The highest BCUT2D eigenvalue weighted by Gasteiger charge is 2.27. The molecule has 0 amide bonds. The molecule has 0 aromatic rings. The molecule has 0 atom stereocenters. The molecule has 13 heavy (non-hydrogen) atoms. The molecular formula is C10H22N2S. The smallest absolute Gasteiger partial charge is 0.0613 e. The first-order valence-corrected chi connectivity index (χ1v) is 6.25. The van der Waals surface area contributed by atoms with E-state index in [-0.39, 0.29) is 0 Å². The molecular weight excluding hydrogens is 180 g/mol. The summed E-state index contributed by atoms with van der Waals surface area (Å²) in [5.41, 5.74) is 0. The van der Waals surface area contributed by atoms with Crippen molar-refractivity contribution in [3.63, 3.8) is 0 Å². The molecule has 1 rings (SSSR count). The van der Waals surface area contributed by atoms with Gasteiger partial charge in [-0.25, -0.2) is 0 Å². The lowest BCUT2D eigenvalue weighted by Gasteiger charge is -2.40. The van der Waals surface area contributed by atoms with Gasteiger partial charge >= 0.3 is 0 Å². The first kappa shape index (κ1) is 11.3. The Balaban J connectivity index is 2.36. The predicted octanol–water partition coefficient (Wildman–Crippen LogP) is 1.77. The first-order chi connectivity index (χ1) is 6.17. The first-order valence-electron chi connectivity index (χ1n) is 5.26. The van der Waals surface area contributed by atoms with E-state index in [0.717, 1.165) is 13.1 Å². The Labute approximate surface area is 86.5 Å². The zero-order valence-electron chi connectivity index (χ0n) is 9.10. The normalized spacial score (nSPS) is 20.5. The lowest BCUT2D eigenvalue weighted by atomic mass is 10.2. The van der Waals surface area contributed by atoms with Crippen molar-refractivity contribution < 1.29 is 0 Å². The van der Waals surface area contributed by atoms with Crippen molar-refractivity contribution in [1.82, 2.24) is 10.2 Å². The highest BCUT2D eigenvalue weighted by Crippen LogP contribution is 2.29. The van der Waals surface area contributed by atoms with Crippen LogP contribution in [-0.2, 0) is 0 Å². The van der Waals surface area contributed by atoms with E-state index in [1.807, 2.05) is 0 Å². The lowest BCUT2D eigenvalue weighted by molar-refractivity contribution is 0.173. The molecule has 1 N–H and O–H groups in total. The molecule has 0 saturated carbocycles. The summed E-state index contributed by atoms with van der Waals surface area (Å²) >= 11 is 2.08. The molecule has 3 heteroatoms. The fourth-order valence-corrected chi connectivity index (χ4v) is 2.72. The summed E-state index contributed by atoms with van der Waals surface area (Å²) in [7, 11) is 0. The number of piperazine rings is 1. The van der Waals surface area contributed by atoms with Gasteiger partial charge in [0.1, 0.15) is 0 Å². The number of hydrogen-bond acceptors (Lipinski definition) is 3. The van der Waals surface area contributed by atoms with Gasteiger partial charge in [0.15, 0.2) is 0 Å². The molecule has 78 valence electrons. The van der Waals surface area contributed by atoms with E-state index in [2.05, 4.69) is 42.7 Å². The van der Waals surface area contributed by atoms with Crippen molar-refractivity contribution in [2.75, 3.05) is 31.9 Å². The van der Waals surface area contributed by atoms with Gasteiger partial charge in [0.2, 0.25) is 0 Å². The summed E-state index contributed by atoms with van der Waals surface area (Å²) in [5, 5.41) is 3.39. The summed E-state index contributed by atoms with van der Waals surface area (Å²) in [6, 6.07) is 0. The van der Waals surface area contributed by atoms with Crippen molar-refractivity contribution in [3.8, 4) is 0 Å². The molecule has 1 heterocycles. The van der Waals surface area contributed by atoms with Gasteiger partial charge < -0.3 is 5.32 Å². The Morgan fingerprint density at radius 3 is 2.46 bits per heavy atom. The second kappa shape index (κ2) is 5.23. The van der Waals surface area contributed by atoms with E-state index in [1.54, 1.807) is 0 Å². The van der Waals surface area contributed by atoms with E-state index in [9.17, 15) is 0 Å². The standard InChI is InChI=1S/C10H22N2S/c1-4-9-13-10(2,3)12-7-5-11-6-8-12/h11H,4-9H2,1-3H3. The SMILES string of the molecule is CCCSC(C)(C)N1CCNCC1. The Morgan fingerprint density at radius 1 is 1.31 bits per heavy atom. The summed E-state index contributed by atoms with van der Waals surface area (Å²) < 4.78 is 0. The number of hydrogen-bond donors (Lipinski definition) is 1. The number of rotatable bonds is 4. The van der Waals surface area contributed by atoms with Crippen LogP contribution in [0.4, 0.5) is 0 Å². The van der Waals surface area contributed by atoms with Crippen molar-refractivity contribution in [1.29, 1.82) is 0 Å². The number of nitrogens with one attached hydrogen (secondary N) is 1. The van der Waals surface area contributed by atoms with Gasteiger partial charge in [-0.05, 0) is 26.0 Å². The van der Waals surface area contributed by atoms with Gasteiger partial charge in [-0.2, -0.15) is 0 Å². The van der Waals surface area contributed by atoms with Crippen LogP contribution in [0.15, 0.2) is 0 Å². The minimum atomic E-state index is 0.331. The van der Waals surface area contributed by atoms with Crippen LogP contribution in [0.1, 0.15) is 27.2 Å². The van der Waals surface area contributed by atoms with Crippen molar-refractivity contribution in [2.45, 2.75) is 32.1 Å². The maximum atomic E-state index is 3.39. The van der Waals surface area contributed by atoms with Crippen LogP contribution in [0.2, 0.25) is 0 Å². The molecule has 1 aliphatic heterocycles. The molecule has 1 saturated heterocycles. The minimum Gasteiger partial charge on any atom is -0.314 e. The summed E-state index contributed by atoms with van der Waals surface area (Å²) in [6.45, 7) is 11.6. The van der Waals surface area contributed by atoms with Crippen LogP contribution in [0.25, 0.3) is 0 Å². The summed E-state index contributed by atoms with van der Waals surface area (Å²) in [6.07, 6.45) is 1.28. The molecule has 0 aliphatic carbocycles. The zero-order chi connectivity index (χ0) is 9.73. The van der Waals surface area contributed by atoms with Crippen molar-refractivity contribution in [2.24, 2.45) is 0 Å². The fraction of sp³-hybridized carbons (Fsp3) is 1.00. The molecule has 2 nitrogen and oxygen atoms in total. The second-order valence-corrected chi connectivity index (χ2v) is 5.73. The van der Waals surface area contributed by atoms with Crippen LogP contribution in [0, 0.1) is 0 Å². The van der Waals surface area contributed by atoms with Crippen molar-refractivity contribution in [3.05, 3.63) is 0 Å². The highest BCUT2D eigenvalue weighted by molar-refractivity contribution is 8.00. The van der Waals surface area contributed by atoms with Crippen LogP contribution in [0.3, 0.4) is 0 Å². The second-order valence-electron chi connectivity index (χ2n) is 4.03. The topological polar surface area (TPSA) is 15.3 Å². The average Bonchev–Trinajstić information content (AvgIpc) is 2.16. The van der Waals surface area contributed by atoms with E-state index in [1.165, 1.54) is 25.3 Å². The molecule has 0 spiro atoms. The monoisotopic (exact) mass is 202 g/mol. The molecule has 0 unspecified atom stereocenters. The third-order valence-electron chi connectivity index (χ3n) is 2.54. The van der Waals surface area contributed by atoms with Gasteiger partial charge in [-0.1, -0.05) is 6.92 Å². The van der Waals surface area contributed by atoms with Gasteiger partial charge in [-0.3, -0.25) is 4.90 Å². The molecule has 0 bridgehead atoms. The van der Waals surface area contributed by atoms with E-state index >= 15 is 0 Å². The molecule has 1 aliphatic rings. The average molecular weight is 202 g/mol. The molecule has 0 radical (unpaired) electrons. The van der Waals surface area contributed by atoms with Crippen molar-refractivity contribution >= 4 is 11.8 Å². The Morgan fingerprint density at radius 2 is 1.92 bits per heavy atom. The summed E-state index contributed by atoms with van der Waals surface area (Å²) in [5.74, 6) is 1.27. The van der Waals surface area contributed by atoms with Gasteiger partial charge in [0.05, 0.1) is 4.87 Å². The zero-order valence-corrected chi connectivity index (χ0v) is 9.91. The Kier molecular flexibility index (Phi) is 4.56. The number of nitrogens with zero attached hydrogens (tertiary/aromatic N) is 1. The third-order valence-corrected chi connectivity index (χ3v) is 4.11. The largest absolute Gasteiger partial charge is 0.314 e. The number of thioether (sulfide) groups is 1. The maximum Gasteiger partial charge on any atom is 0.0613 e. The minimum absolute atomic E-state index is 0.331. The summed E-state index contributed by atoms with van der Waals surface area (Å²) in [4.78, 5) is 2.92. The Bertz CT molecular complexity index is 142. The molecule has 0 aromatic carbocycles. The predicted molar refractivity (Wildman–Crippen MR) is 61.3 cm³/mol. The third kappa shape index (κ3) is 3.49. The molecule has 1 fully saturated rings. The van der Waals surface area contributed by atoms with E-state index in [4.69, 9.17) is 0 Å².